The van der Waals surface area contributed by atoms with Crippen molar-refractivity contribution in [3.8, 4) is 0 Å². The first-order chi connectivity index (χ1) is 9.31. The van der Waals surface area contributed by atoms with Gasteiger partial charge in [-0.1, -0.05) is 32.4 Å². The minimum atomic E-state index is 0.982. The van der Waals surface area contributed by atoms with Crippen LogP contribution >= 0.6 is 0 Å². The highest BCUT2D eigenvalue weighted by atomic mass is 15.3. The van der Waals surface area contributed by atoms with Crippen molar-refractivity contribution in [1.29, 1.82) is 0 Å². The van der Waals surface area contributed by atoms with E-state index in [0.717, 1.165) is 30.6 Å². The van der Waals surface area contributed by atoms with E-state index in [2.05, 4.69) is 48.2 Å². The van der Waals surface area contributed by atoms with Crippen LogP contribution in [0.3, 0.4) is 0 Å². The van der Waals surface area contributed by atoms with Gasteiger partial charge in [-0.3, -0.25) is 9.67 Å². The van der Waals surface area contributed by atoms with Crippen molar-refractivity contribution in [1.82, 2.24) is 9.78 Å². The number of aliphatic imine (C=N–C) groups is 1. The van der Waals surface area contributed by atoms with E-state index in [1.54, 1.807) is 0 Å². The predicted octanol–water partition coefficient (Wildman–Crippen LogP) is 4.00. The Hall–Kier alpha value is -1.90. The monoisotopic (exact) mass is 255 g/mol. The molecule has 19 heavy (non-hydrogen) atoms. The van der Waals surface area contributed by atoms with Crippen LogP contribution in [-0.4, -0.2) is 16.0 Å². The third-order valence-corrected chi connectivity index (χ3v) is 3.10. The van der Waals surface area contributed by atoms with Gasteiger partial charge in [0.25, 0.3) is 0 Å². The van der Waals surface area contributed by atoms with Crippen LogP contribution in [0.4, 0.5) is 5.69 Å². The zero-order chi connectivity index (χ0) is 13.5. The number of rotatable bonds is 6. The molecular formula is C16H21N3. The minimum Gasteiger partial charge on any atom is -0.272 e. The van der Waals surface area contributed by atoms with Gasteiger partial charge in [-0.15, -0.1) is 0 Å². The summed E-state index contributed by atoms with van der Waals surface area (Å²) in [5.74, 6) is 0. The molecule has 3 nitrogen and oxygen atoms in total. The van der Waals surface area contributed by atoms with Crippen LogP contribution in [-0.2, 0) is 13.0 Å². The summed E-state index contributed by atoms with van der Waals surface area (Å²) in [5.41, 5.74) is 3.38. The molecule has 0 saturated carbocycles. The summed E-state index contributed by atoms with van der Waals surface area (Å²) in [4.78, 5) is 4.47. The number of unbranched alkanes of at least 4 members (excludes halogenated alkanes) is 1. The van der Waals surface area contributed by atoms with Gasteiger partial charge >= 0.3 is 0 Å². The topological polar surface area (TPSA) is 30.2 Å². The lowest BCUT2D eigenvalue weighted by Gasteiger charge is -1.97. The fourth-order valence-electron chi connectivity index (χ4n) is 1.86. The summed E-state index contributed by atoms with van der Waals surface area (Å²) in [6.07, 6.45) is 9.19. The first kappa shape index (κ1) is 13.5. The Morgan fingerprint density at radius 3 is 2.68 bits per heavy atom. The maximum atomic E-state index is 4.47. The molecule has 0 saturated heterocycles. The second-order valence-corrected chi connectivity index (χ2v) is 4.67. The molecule has 0 aliphatic heterocycles. The van der Waals surface area contributed by atoms with Gasteiger partial charge in [0.1, 0.15) is 0 Å². The molecule has 2 aromatic rings. The molecule has 3 heteroatoms. The van der Waals surface area contributed by atoms with Crippen LogP contribution in [0, 0.1) is 0 Å². The van der Waals surface area contributed by atoms with Crippen LogP contribution in [0.15, 0.2) is 41.7 Å². The molecule has 0 aliphatic carbocycles. The number of hydrogen-bond acceptors (Lipinski definition) is 2. The lowest BCUT2D eigenvalue weighted by molar-refractivity contribution is 0.572. The van der Waals surface area contributed by atoms with Crippen LogP contribution < -0.4 is 0 Å². The number of benzene rings is 1. The molecule has 0 atom stereocenters. The standard InChI is InChI=1S/C16H21N3/c1-3-5-10-19-13-15(12-18-19)11-17-16-8-6-14(4-2)7-9-16/h6-9,11-13H,3-5,10H2,1-2H3. The maximum Gasteiger partial charge on any atom is 0.0630 e. The largest absolute Gasteiger partial charge is 0.272 e. The van der Waals surface area contributed by atoms with E-state index >= 15 is 0 Å². The molecule has 0 fully saturated rings. The summed E-state index contributed by atoms with van der Waals surface area (Å²) >= 11 is 0. The van der Waals surface area contributed by atoms with Gasteiger partial charge < -0.3 is 0 Å². The van der Waals surface area contributed by atoms with Crippen molar-refractivity contribution in [2.75, 3.05) is 0 Å². The molecule has 1 heterocycles. The minimum absolute atomic E-state index is 0.982. The Kier molecular flexibility index (Phi) is 4.90. The van der Waals surface area contributed by atoms with Gasteiger partial charge in [0.2, 0.25) is 0 Å². The van der Waals surface area contributed by atoms with Crippen molar-refractivity contribution in [2.24, 2.45) is 4.99 Å². The van der Waals surface area contributed by atoms with E-state index in [9.17, 15) is 0 Å². The van der Waals surface area contributed by atoms with Crippen molar-refractivity contribution in [3.05, 3.63) is 47.8 Å². The molecule has 100 valence electrons. The van der Waals surface area contributed by atoms with E-state index in [0.29, 0.717) is 0 Å². The van der Waals surface area contributed by atoms with Crippen molar-refractivity contribution >= 4 is 11.9 Å². The highest BCUT2D eigenvalue weighted by Crippen LogP contribution is 2.13. The second kappa shape index (κ2) is 6.88. The van der Waals surface area contributed by atoms with Crippen molar-refractivity contribution in [2.45, 2.75) is 39.7 Å². The summed E-state index contributed by atoms with van der Waals surface area (Å²) in [6.45, 7) is 5.32. The van der Waals surface area contributed by atoms with E-state index in [4.69, 9.17) is 0 Å². The highest BCUT2D eigenvalue weighted by Gasteiger charge is 1.95. The molecule has 0 amide bonds. The molecule has 0 bridgehead atoms. The Balaban J connectivity index is 1.98. The fourth-order valence-corrected chi connectivity index (χ4v) is 1.86. The van der Waals surface area contributed by atoms with Crippen LogP contribution in [0.2, 0.25) is 0 Å². The summed E-state index contributed by atoms with van der Waals surface area (Å²) in [6, 6.07) is 8.35. The highest BCUT2D eigenvalue weighted by molar-refractivity contribution is 5.81. The SMILES string of the molecule is CCCCn1cc(C=Nc2ccc(CC)cc2)cn1. The fraction of sp³-hybridized carbons (Fsp3) is 0.375. The van der Waals surface area contributed by atoms with Gasteiger partial charge in [0.05, 0.1) is 11.9 Å². The van der Waals surface area contributed by atoms with E-state index < -0.39 is 0 Å². The number of hydrogen-bond donors (Lipinski definition) is 0. The smallest absolute Gasteiger partial charge is 0.0630 e. The van der Waals surface area contributed by atoms with Gasteiger partial charge in [-0.25, -0.2) is 0 Å². The average molecular weight is 255 g/mol. The molecule has 0 N–H and O–H groups in total. The van der Waals surface area contributed by atoms with E-state index in [1.165, 1.54) is 12.0 Å². The maximum absolute atomic E-state index is 4.47. The molecule has 0 unspecified atom stereocenters. The number of nitrogens with zero attached hydrogens (tertiary/aromatic N) is 3. The molecule has 2 rings (SSSR count). The molecule has 0 spiro atoms. The van der Waals surface area contributed by atoms with Gasteiger partial charge in [0, 0.05) is 24.5 Å². The molecule has 1 aromatic carbocycles. The summed E-state index contributed by atoms with van der Waals surface area (Å²) in [7, 11) is 0. The van der Waals surface area contributed by atoms with Crippen molar-refractivity contribution < 1.29 is 0 Å². The third kappa shape index (κ3) is 4.05. The summed E-state index contributed by atoms with van der Waals surface area (Å²) < 4.78 is 1.98. The predicted molar refractivity (Wildman–Crippen MR) is 80.2 cm³/mol. The second-order valence-electron chi connectivity index (χ2n) is 4.67. The zero-order valence-electron chi connectivity index (χ0n) is 11.7. The average Bonchev–Trinajstić information content (AvgIpc) is 2.91. The Morgan fingerprint density at radius 2 is 2.00 bits per heavy atom. The third-order valence-electron chi connectivity index (χ3n) is 3.10. The lowest BCUT2D eigenvalue weighted by Crippen LogP contribution is -1.96. The molecule has 0 aliphatic rings. The normalized spacial score (nSPS) is 11.3. The van der Waals surface area contributed by atoms with Crippen LogP contribution in [0.1, 0.15) is 37.8 Å². The van der Waals surface area contributed by atoms with Crippen molar-refractivity contribution in [3.63, 3.8) is 0 Å². The Morgan fingerprint density at radius 1 is 1.21 bits per heavy atom. The lowest BCUT2D eigenvalue weighted by atomic mass is 10.1. The Labute approximate surface area is 115 Å². The van der Waals surface area contributed by atoms with Crippen LogP contribution in [0.5, 0.6) is 0 Å². The quantitative estimate of drug-likeness (QED) is 0.718. The Bertz CT molecular complexity index is 523. The molecular weight excluding hydrogens is 234 g/mol. The van der Waals surface area contributed by atoms with E-state index in [-0.39, 0.29) is 0 Å². The first-order valence-corrected chi connectivity index (χ1v) is 6.97. The first-order valence-electron chi connectivity index (χ1n) is 6.97. The molecule has 0 radical (unpaired) electrons. The number of aryl methyl sites for hydroxylation is 2. The van der Waals surface area contributed by atoms with Gasteiger partial charge in [-0.2, -0.15) is 5.10 Å². The van der Waals surface area contributed by atoms with Gasteiger partial charge in [0.15, 0.2) is 0 Å². The van der Waals surface area contributed by atoms with E-state index in [1.807, 2.05) is 23.3 Å². The molecule has 1 aromatic heterocycles. The summed E-state index contributed by atoms with van der Waals surface area (Å²) in [5, 5.41) is 4.32. The number of aromatic nitrogens is 2. The van der Waals surface area contributed by atoms with Gasteiger partial charge in [-0.05, 0) is 30.5 Å². The van der Waals surface area contributed by atoms with Crippen LogP contribution in [0.25, 0.3) is 0 Å². The zero-order valence-corrected chi connectivity index (χ0v) is 11.7.